The van der Waals surface area contributed by atoms with Gasteiger partial charge in [-0.1, -0.05) is 103 Å². The lowest BCUT2D eigenvalue weighted by molar-refractivity contribution is -0.0639. The van der Waals surface area contributed by atoms with Crippen molar-refractivity contribution in [1.29, 1.82) is 0 Å². The Morgan fingerprint density at radius 1 is 0.609 bits per heavy atom. The van der Waals surface area contributed by atoms with Crippen LogP contribution in [0.2, 0.25) is 0 Å². The van der Waals surface area contributed by atoms with Crippen molar-refractivity contribution >= 4 is 10.5 Å². The van der Waals surface area contributed by atoms with Gasteiger partial charge in [0.2, 0.25) is 10.5 Å². The van der Waals surface area contributed by atoms with E-state index in [2.05, 4.69) is 17.4 Å². The van der Waals surface area contributed by atoms with E-state index in [-0.39, 0.29) is 6.29 Å². The van der Waals surface area contributed by atoms with Gasteiger partial charge < -0.3 is 9.16 Å². The summed E-state index contributed by atoms with van der Waals surface area (Å²) in [5, 5.41) is 0. The van der Waals surface area contributed by atoms with Gasteiger partial charge in [0, 0.05) is 6.61 Å². The molecular formula is C20H41O2Si. The molecule has 0 aromatic carbocycles. The van der Waals surface area contributed by atoms with Crippen LogP contribution in [0.3, 0.4) is 0 Å². The Kier molecular flexibility index (Phi) is 20.3. The first kappa shape index (κ1) is 23.1. The van der Waals surface area contributed by atoms with Crippen LogP contribution in [0.4, 0.5) is 0 Å². The zero-order valence-electron chi connectivity index (χ0n) is 15.9. The highest BCUT2D eigenvalue weighted by Gasteiger charge is 1.98. The summed E-state index contributed by atoms with van der Waals surface area (Å²) in [6.45, 7) is 5.00. The van der Waals surface area contributed by atoms with E-state index < -0.39 is 0 Å². The first-order chi connectivity index (χ1) is 11.3. The Bertz CT molecular complexity index is 212. The van der Waals surface area contributed by atoms with Gasteiger partial charge in [-0.05, 0) is 13.3 Å². The number of ether oxygens (including phenoxy) is 1. The SMILES string of the molecule is CCCCCCCCCCCCCCCCCCOC(C)O[Si]. The van der Waals surface area contributed by atoms with Gasteiger partial charge in [-0.2, -0.15) is 0 Å². The lowest BCUT2D eigenvalue weighted by Gasteiger charge is -2.10. The number of hydrogen-bond acceptors (Lipinski definition) is 2. The molecular weight excluding hydrogens is 300 g/mol. The van der Waals surface area contributed by atoms with Crippen LogP contribution >= 0.6 is 0 Å². The number of rotatable bonds is 19. The highest BCUT2D eigenvalue weighted by molar-refractivity contribution is 5.98. The van der Waals surface area contributed by atoms with Gasteiger partial charge >= 0.3 is 0 Å². The molecule has 0 bridgehead atoms. The highest BCUT2D eigenvalue weighted by atomic mass is 28.2. The van der Waals surface area contributed by atoms with E-state index in [0.717, 1.165) is 13.0 Å². The third kappa shape index (κ3) is 20.1. The fraction of sp³-hybridized carbons (Fsp3) is 1.00. The van der Waals surface area contributed by atoms with Gasteiger partial charge in [0.05, 0.1) is 0 Å². The predicted molar refractivity (Wildman–Crippen MR) is 102 cm³/mol. The number of unbranched alkanes of at least 4 members (excludes halogenated alkanes) is 15. The second kappa shape index (κ2) is 20.2. The van der Waals surface area contributed by atoms with E-state index in [0.29, 0.717) is 0 Å². The molecule has 0 N–H and O–H groups in total. The molecule has 1 atom stereocenters. The maximum atomic E-state index is 5.44. The Morgan fingerprint density at radius 2 is 0.957 bits per heavy atom. The molecule has 0 spiro atoms. The van der Waals surface area contributed by atoms with Gasteiger partial charge in [-0.25, -0.2) is 0 Å². The molecule has 3 heteroatoms. The quantitative estimate of drug-likeness (QED) is 0.148. The molecule has 0 aliphatic heterocycles. The van der Waals surface area contributed by atoms with Crippen LogP contribution in [0.1, 0.15) is 117 Å². The summed E-state index contributed by atoms with van der Waals surface area (Å²) in [5.41, 5.74) is 0. The average Bonchev–Trinajstić information content (AvgIpc) is 2.57. The molecule has 2 nitrogen and oxygen atoms in total. The minimum Gasteiger partial charge on any atom is -0.394 e. The molecule has 0 aromatic heterocycles. The summed E-state index contributed by atoms with van der Waals surface area (Å²) in [7, 11) is 2.99. The van der Waals surface area contributed by atoms with E-state index in [4.69, 9.17) is 9.16 Å². The summed E-state index contributed by atoms with van der Waals surface area (Å²) in [6.07, 6.45) is 22.3. The smallest absolute Gasteiger partial charge is 0.249 e. The molecule has 0 aliphatic rings. The third-order valence-corrected chi connectivity index (χ3v) is 4.85. The van der Waals surface area contributed by atoms with E-state index in [1.165, 1.54) is 96.3 Å². The Labute approximate surface area is 149 Å². The molecule has 0 aliphatic carbocycles. The zero-order chi connectivity index (χ0) is 17.0. The van der Waals surface area contributed by atoms with Gasteiger partial charge in [0.15, 0.2) is 0 Å². The standard InChI is InChI=1S/C20H41O2Si/c1-3-4-5-6-7-8-9-10-11-12-13-14-15-16-17-18-19-21-20(2)22-23/h20H,3-19H2,1-2H3. The normalized spacial score (nSPS) is 12.7. The lowest BCUT2D eigenvalue weighted by atomic mass is 10.0. The Morgan fingerprint density at radius 3 is 1.30 bits per heavy atom. The second-order valence-corrected chi connectivity index (χ2v) is 7.10. The molecule has 3 radical (unpaired) electrons. The van der Waals surface area contributed by atoms with E-state index in [9.17, 15) is 0 Å². The third-order valence-electron chi connectivity index (χ3n) is 4.52. The molecule has 0 saturated heterocycles. The van der Waals surface area contributed by atoms with Crippen LogP contribution in [0.15, 0.2) is 0 Å². The highest BCUT2D eigenvalue weighted by Crippen LogP contribution is 2.13. The minimum absolute atomic E-state index is 0.136. The van der Waals surface area contributed by atoms with Crippen molar-refractivity contribution in [3.63, 3.8) is 0 Å². The van der Waals surface area contributed by atoms with Crippen molar-refractivity contribution in [3.05, 3.63) is 0 Å². The lowest BCUT2D eigenvalue weighted by Crippen LogP contribution is -2.11. The van der Waals surface area contributed by atoms with Crippen LogP contribution in [0.5, 0.6) is 0 Å². The van der Waals surface area contributed by atoms with E-state index in [1.807, 2.05) is 6.92 Å². The molecule has 0 fully saturated rings. The topological polar surface area (TPSA) is 18.5 Å². The predicted octanol–water partition coefficient (Wildman–Crippen LogP) is 6.71. The number of hydrogen-bond donors (Lipinski definition) is 0. The maximum Gasteiger partial charge on any atom is 0.249 e. The van der Waals surface area contributed by atoms with Gasteiger partial charge in [0.1, 0.15) is 6.29 Å². The fourth-order valence-electron chi connectivity index (χ4n) is 2.93. The second-order valence-electron chi connectivity index (χ2n) is 6.86. The van der Waals surface area contributed by atoms with Crippen LogP contribution in [-0.4, -0.2) is 23.4 Å². The summed E-state index contributed by atoms with van der Waals surface area (Å²) in [6, 6.07) is 0. The van der Waals surface area contributed by atoms with Gasteiger partial charge in [-0.15, -0.1) is 0 Å². The molecule has 23 heavy (non-hydrogen) atoms. The maximum absolute atomic E-state index is 5.44. The molecule has 0 aromatic rings. The van der Waals surface area contributed by atoms with Crippen LogP contribution < -0.4 is 0 Å². The van der Waals surface area contributed by atoms with Crippen molar-refractivity contribution in [2.24, 2.45) is 0 Å². The summed E-state index contributed by atoms with van der Waals surface area (Å²) >= 11 is 0. The molecule has 137 valence electrons. The average molecular weight is 342 g/mol. The van der Waals surface area contributed by atoms with E-state index in [1.54, 1.807) is 0 Å². The Hall–Kier alpha value is 0.137. The van der Waals surface area contributed by atoms with Crippen molar-refractivity contribution in [2.45, 2.75) is 123 Å². The van der Waals surface area contributed by atoms with Crippen LogP contribution in [0.25, 0.3) is 0 Å². The molecule has 0 heterocycles. The largest absolute Gasteiger partial charge is 0.394 e. The van der Waals surface area contributed by atoms with Gasteiger partial charge in [-0.3, -0.25) is 0 Å². The summed E-state index contributed by atoms with van der Waals surface area (Å²) < 4.78 is 10.3. The molecule has 1 unspecified atom stereocenters. The van der Waals surface area contributed by atoms with Crippen molar-refractivity contribution in [1.82, 2.24) is 0 Å². The Balaban J connectivity index is 2.97. The van der Waals surface area contributed by atoms with Crippen molar-refractivity contribution in [3.8, 4) is 0 Å². The fourth-order valence-corrected chi connectivity index (χ4v) is 3.00. The first-order valence-electron chi connectivity index (χ1n) is 10.2. The molecule has 0 saturated carbocycles. The van der Waals surface area contributed by atoms with Crippen LogP contribution in [-0.2, 0) is 9.16 Å². The zero-order valence-corrected chi connectivity index (χ0v) is 16.9. The summed E-state index contributed by atoms with van der Waals surface area (Å²) in [5.74, 6) is 0. The van der Waals surface area contributed by atoms with Crippen LogP contribution in [0, 0.1) is 0 Å². The summed E-state index contributed by atoms with van der Waals surface area (Å²) in [4.78, 5) is 0. The minimum atomic E-state index is -0.136. The molecule has 0 amide bonds. The van der Waals surface area contributed by atoms with Crippen molar-refractivity contribution in [2.75, 3.05) is 6.61 Å². The van der Waals surface area contributed by atoms with Gasteiger partial charge in [0.25, 0.3) is 0 Å². The van der Waals surface area contributed by atoms with Crippen molar-refractivity contribution < 1.29 is 9.16 Å². The first-order valence-corrected chi connectivity index (χ1v) is 10.7. The van der Waals surface area contributed by atoms with E-state index >= 15 is 0 Å². The monoisotopic (exact) mass is 341 g/mol. The molecule has 0 rings (SSSR count).